The van der Waals surface area contributed by atoms with Crippen LogP contribution in [0.3, 0.4) is 0 Å². The Morgan fingerprint density at radius 1 is 0.962 bits per heavy atom. The molecule has 0 fully saturated rings. The lowest BCUT2D eigenvalue weighted by atomic mass is 9.91. The Kier molecular flexibility index (Phi) is 12.7. The highest BCUT2D eigenvalue weighted by molar-refractivity contribution is 5.03. The molecule has 1 aliphatic rings. The summed E-state index contributed by atoms with van der Waals surface area (Å²) in [5.74, 6) is 0. The zero-order valence-corrected chi connectivity index (χ0v) is 16.6. The van der Waals surface area contributed by atoms with Crippen LogP contribution in [-0.4, -0.2) is 62.4 Å². The highest BCUT2D eigenvalue weighted by Gasteiger charge is 2.31. The smallest absolute Gasteiger partial charge is 0.159 e. The van der Waals surface area contributed by atoms with Crippen LogP contribution in [0.5, 0.6) is 0 Å². The zero-order chi connectivity index (χ0) is 20.1. The minimum atomic E-state index is -0.861. The summed E-state index contributed by atoms with van der Waals surface area (Å²) < 4.78 is 20.1. The molecule has 2 N–H and O–H groups in total. The summed E-state index contributed by atoms with van der Waals surface area (Å²) in [7, 11) is 6.27. The van der Waals surface area contributed by atoms with Gasteiger partial charge in [-0.15, -0.1) is 13.2 Å². The second-order valence-corrected chi connectivity index (χ2v) is 6.52. The number of hydrogen-bond acceptors (Lipinski definition) is 6. The van der Waals surface area contributed by atoms with Gasteiger partial charge >= 0.3 is 0 Å². The van der Waals surface area contributed by atoms with Crippen molar-refractivity contribution in [2.24, 2.45) is 0 Å². The lowest BCUT2D eigenvalue weighted by Crippen LogP contribution is -2.34. The molecule has 0 unspecified atom stereocenters. The molecular formula is C20H36O6. The Labute approximate surface area is 158 Å². The quantitative estimate of drug-likeness (QED) is 0.405. The van der Waals surface area contributed by atoms with Crippen LogP contribution >= 0.6 is 0 Å². The summed E-state index contributed by atoms with van der Waals surface area (Å²) in [6.07, 6.45) is 10.0. The Morgan fingerprint density at radius 2 is 1.38 bits per heavy atom. The summed E-state index contributed by atoms with van der Waals surface area (Å²) in [5, 5.41) is 20.0. The van der Waals surface area contributed by atoms with Crippen molar-refractivity contribution in [1.82, 2.24) is 0 Å². The fourth-order valence-electron chi connectivity index (χ4n) is 2.79. The SMILES string of the molecule is C=CCC(O)(CC=C)CC(OC)OC.COC(CC1(O)CC=CC1)OC. The Hall–Kier alpha value is -1.02. The van der Waals surface area contributed by atoms with Gasteiger partial charge in [-0.25, -0.2) is 0 Å². The summed E-state index contributed by atoms with van der Waals surface area (Å²) in [4.78, 5) is 0. The minimum absolute atomic E-state index is 0.296. The Morgan fingerprint density at radius 3 is 1.73 bits per heavy atom. The van der Waals surface area contributed by atoms with E-state index >= 15 is 0 Å². The van der Waals surface area contributed by atoms with E-state index in [9.17, 15) is 10.2 Å². The molecule has 1 rings (SSSR count). The maximum absolute atomic E-state index is 10.1. The van der Waals surface area contributed by atoms with E-state index in [1.165, 1.54) is 0 Å². The van der Waals surface area contributed by atoms with Crippen LogP contribution in [0, 0.1) is 0 Å². The normalized spacial score (nSPS) is 15.8. The summed E-state index contributed by atoms with van der Waals surface area (Å²) in [6, 6.07) is 0. The molecule has 6 heteroatoms. The van der Waals surface area contributed by atoms with Crippen LogP contribution in [0.2, 0.25) is 0 Å². The average molecular weight is 373 g/mol. The van der Waals surface area contributed by atoms with Gasteiger partial charge in [0.15, 0.2) is 12.6 Å². The number of rotatable bonds is 12. The van der Waals surface area contributed by atoms with Gasteiger partial charge in [0, 0.05) is 41.3 Å². The molecule has 0 atom stereocenters. The van der Waals surface area contributed by atoms with Gasteiger partial charge in [-0.05, 0) is 25.7 Å². The van der Waals surface area contributed by atoms with Gasteiger partial charge in [-0.1, -0.05) is 24.3 Å². The van der Waals surface area contributed by atoms with Crippen molar-refractivity contribution in [2.75, 3.05) is 28.4 Å². The standard InChI is InChI=1S/C11H20O3.C9H16O3/c1-5-7-11(12,8-6-2)9-10(13-3)14-4;1-11-8(12-2)7-9(10)5-3-4-6-9/h5-6,10,12H,1-2,7-9H2,3-4H3;3-4,8,10H,5-7H2,1-2H3. The highest BCUT2D eigenvalue weighted by atomic mass is 16.7. The molecule has 0 amide bonds. The second-order valence-electron chi connectivity index (χ2n) is 6.52. The van der Waals surface area contributed by atoms with Crippen molar-refractivity contribution in [2.45, 2.75) is 62.3 Å². The van der Waals surface area contributed by atoms with E-state index in [2.05, 4.69) is 13.2 Å². The Balaban J connectivity index is 0.000000485. The van der Waals surface area contributed by atoms with Crippen molar-refractivity contribution in [1.29, 1.82) is 0 Å². The van der Waals surface area contributed by atoms with Gasteiger partial charge in [0.05, 0.1) is 11.2 Å². The molecule has 0 saturated carbocycles. The molecule has 0 aromatic rings. The van der Waals surface area contributed by atoms with Crippen molar-refractivity contribution >= 4 is 0 Å². The summed E-state index contributed by atoms with van der Waals surface area (Å²) >= 11 is 0. The molecule has 0 spiro atoms. The molecule has 0 bridgehead atoms. The van der Waals surface area contributed by atoms with Gasteiger partial charge in [0.2, 0.25) is 0 Å². The molecule has 0 heterocycles. The molecule has 1 aliphatic carbocycles. The van der Waals surface area contributed by atoms with Gasteiger partial charge in [0.1, 0.15) is 0 Å². The topological polar surface area (TPSA) is 77.4 Å². The fraction of sp³-hybridized carbons (Fsp3) is 0.700. The largest absolute Gasteiger partial charge is 0.389 e. The molecule has 0 aromatic carbocycles. The third kappa shape index (κ3) is 9.62. The van der Waals surface area contributed by atoms with Crippen molar-refractivity contribution in [3.8, 4) is 0 Å². The molecule has 6 nitrogen and oxygen atoms in total. The highest BCUT2D eigenvalue weighted by Crippen LogP contribution is 2.29. The molecule has 26 heavy (non-hydrogen) atoms. The first-order valence-electron chi connectivity index (χ1n) is 8.74. The van der Waals surface area contributed by atoms with Crippen LogP contribution in [0.1, 0.15) is 38.5 Å². The summed E-state index contributed by atoms with van der Waals surface area (Å²) in [5.41, 5.74) is -1.50. The Bertz CT molecular complexity index is 395. The first-order valence-corrected chi connectivity index (χ1v) is 8.74. The fourth-order valence-corrected chi connectivity index (χ4v) is 2.79. The van der Waals surface area contributed by atoms with E-state index in [-0.39, 0.29) is 12.6 Å². The van der Waals surface area contributed by atoms with Gasteiger partial charge in [0.25, 0.3) is 0 Å². The van der Waals surface area contributed by atoms with Crippen LogP contribution in [-0.2, 0) is 18.9 Å². The van der Waals surface area contributed by atoms with Crippen LogP contribution in [0.15, 0.2) is 37.5 Å². The molecule has 152 valence electrons. The minimum Gasteiger partial charge on any atom is -0.389 e. The number of ether oxygens (including phenoxy) is 4. The van der Waals surface area contributed by atoms with E-state index in [1.54, 1.807) is 40.6 Å². The monoisotopic (exact) mass is 372 g/mol. The third-order valence-corrected chi connectivity index (χ3v) is 4.36. The van der Waals surface area contributed by atoms with Gasteiger partial charge in [-0.3, -0.25) is 0 Å². The van der Waals surface area contributed by atoms with E-state index in [0.29, 0.717) is 38.5 Å². The van der Waals surface area contributed by atoms with E-state index in [4.69, 9.17) is 18.9 Å². The predicted octanol–water partition coefficient (Wildman–Crippen LogP) is 2.96. The van der Waals surface area contributed by atoms with Crippen molar-refractivity contribution in [3.05, 3.63) is 37.5 Å². The lowest BCUT2D eigenvalue weighted by molar-refractivity contribution is -0.142. The molecule has 0 saturated heterocycles. The van der Waals surface area contributed by atoms with Gasteiger partial charge in [-0.2, -0.15) is 0 Å². The average Bonchev–Trinajstić information content (AvgIpc) is 3.05. The first kappa shape index (κ1) is 25.0. The first-order chi connectivity index (χ1) is 12.3. The zero-order valence-electron chi connectivity index (χ0n) is 16.6. The number of methoxy groups -OCH3 is 4. The molecule has 0 aromatic heterocycles. The molecule has 0 aliphatic heterocycles. The second kappa shape index (κ2) is 13.2. The van der Waals surface area contributed by atoms with E-state index in [0.717, 1.165) is 0 Å². The van der Waals surface area contributed by atoms with E-state index in [1.807, 2.05) is 12.2 Å². The number of hydrogen-bond donors (Lipinski definition) is 2. The lowest BCUT2D eigenvalue weighted by Gasteiger charge is -2.28. The van der Waals surface area contributed by atoms with Crippen LogP contribution in [0.25, 0.3) is 0 Å². The third-order valence-electron chi connectivity index (χ3n) is 4.36. The van der Waals surface area contributed by atoms with E-state index < -0.39 is 11.2 Å². The molecular weight excluding hydrogens is 336 g/mol. The van der Waals surface area contributed by atoms with Crippen molar-refractivity contribution < 1.29 is 29.2 Å². The maximum Gasteiger partial charge on any atom is 0.159 e. The number of aliphatic hydroxyl groups is 2. The summed E-state index contributed by atoms with van der Waals surface area (Å²) in [6.45, 7) is 7.22. The van der Waals surface area contributed by atoms with Crippen LogP contribution in [0.4, 0.5) is 0 Å². The maximum atomic E-state index is 10.1. The predicted molar refractivity (Wildman–Crippen MR) is 103 cm³/mol. The van der Waals surface area contributed by atoms with Crippen LogP contribution < -0.4 is 0 Å². The van der Waals surface area contributed by atoms with Crippen molar-refractivity contribution in [3.63, 3.8) is 0 Å². The van der Waals surface area contributed by atoms with Gasteiger partial charge < -0.3 is 29.2 Å². The molecule has 0 radical (unpaired) electrons.